The predicted molar refractivity (Wildman–Crippen MR) is 55.3 cm³/mol. The lowest BCUT2D eigenvalue weighted by atomic mass is 10.1. The first-order chi connectivity index (χ1) is 7.13. The predicted octanol–water partition coefficient (Wildman–Crippen LogP) is 0.892. The molecule has 0 saturated heterocycles. The van der Waals surface area contributed by atoms with Crippen LogP contribution >= 0.6 is 0 Å². The molecule has 1 aliphatic rings. The Kier molecular flexibility index (Phi) is 4.94. The fourth-order valence-corrected chi connectivity index (χ4v) is 1.20. The molecule has 0 aromatic heterocycles. The van der Waals surface area contributed by atoms with Crippen molar-refractivity contribution in [3.63, 3.8) is 0 Å². The number of carbonyl (C=O) groups is 1. The Morgan fingerprint density at radius 1 is 1.60 bits per heavy atom. The first-order valence-corrected chi connectivity index (χ1v) is 5.23. The van der Waals surface area contributed by atoms with Gasteiger partial charge in [0.15, 0.2) is 12.1 Å². The van der Waals surface area contributed by atoms with Crippen molar-refractivity contribution in [3.8, 4) is 0 Å². The molecule has 0 unspecified atom stereocenters. The molecule has 2 atom stereocenters. The third-order valence-electron chi connectivity index (χ3n) is 2.18. The summed E-state index contributed by atoms with van der Waals surface area (Å²) >= 11 is 0. The zero-order valence-corrected chi connectivity index (χ0v) is 9.18. The third kappa shape index (κ3) is 4.11. The fraction of sp³-hybridized carbons (Fsp3) is 0.727. The Bertz CT molecular complexity index is 235. The molecule has 0 bridgehead atoms. The van der Waals surface area contributed by atoms with Crippen LogP contribution in [0.4, 0.5) is 0 Å². The first kappa shape index (κ1) is 12.4. The van der Waals surface area contributed by atoms with Crippen molar-refractivity contribution in [2.24, 2.45) is 5.92 Å². The molecule has 0 aliphatic carbocycles. The average molecular weight is 214 g/mol. The normalized spacial score (nSPS) is 26.3. The molecule has 0 aromatic rings. The molecule has 1 heterocycles. The van der Waals surface area contributed by atoms with Crippen molar-refractivity contribution in [3.05, 3.63) is 12.2 Å². The highest BCUT2D eigenvalue weighted by molar-refractivity contribution is 5.94. The lowest BCUT2D eigenvalue weighted by Gasteiger charge is -2.23. The standard InChI is InChI=1S/C11H18O4/c1-8(2)5-6-14-11-4-3-9(13)10(7-12)15-11/h3-4,8,10-12H,5-7H2,1-2H3/t10-,11+/m1/s1. The summed E-state index contributed by atoms with van der Waals surface area (Å²) in [6, 6.07) is 0. The molecular weight excluding hydrogens is 196 g/mol. The molecule has 1 rings (SSSR count). The molecular formula is C11H18O4. The minimum Gasteiger partial charge on any atom is -0.393 e. The van der Waals surface area contributed by atoms with Gasteiger partial charge in [-0.05, 0) is 24.5 Å². The monoisotopic (exact) mass is 214 g/mol. The SMILES string of the molecule is CC(C)CCO[C@@H]1C=CC(=O)[C@@H](CO)O1. The van der Waals surface area contributed by atoms with Crippen molar-refractivity contribution in [1.82, 2.24) is 0 Å². The molecule has 0 spiro atoms. The van der Waals surface area contributed by atoms with E-state index in [-0.39, 0.29) is 12.4 Å². The van der Waals surface area contributed by atoms with Crippen molar-refractivity contribution >= 4 is 5.78 Å². The summed E-state index contributed by atoms with van der Waals surface area (Å²) in [7, 11) is 0. The van der Waals surface area contributed by atoms with E-state index in [1.54, 1.807) is 6.08 Å². The highest BCUT2D eigenvalue weighted by atomic mass is 16.7. The lowest BCUT2D eigenvalue weighted by molar-refractivity contribution is -0.169. The summed E-state index contributed by atoms with van der Waals surface area (Å²) in [5, 5.41) is 8.86. The molecule has 0 amide bonds. The van der Waals surface area contributed by atoms with E-state index in [0.717, 1.165) is 6.42 Å². The number of rotatable bonds is 5. The number of hydrogen-bond acceptors (Lipinski definition) is 4. The molecule has 0 saturated carbocycles. The summed E-state index contributed by atoms with van der Waals surface area (Å²) in [5.74, 6) is 0.369. The topological polar surface area (TPSA) is 55.8 Å². The number of aliphatic hydroxyl groups is 1. The summed E-state index contributed by atoms with van der Waals surface area (Å²) in [6.45, 7) is 4.52. The van der Waals surface area contributed by atoms with E-state index in [2.05, 4.69) is 13.8 Å². The lowest BCUT2D eigenvalue weighted by Crippen LogP contribution is -2.35. The van der Waals surface area contributed by atoms with Gasteiger partial charge < -0.3 is 14.6 Å². The Morgan fingerprint density at radius 3 is 2.93 bits per heavy atom. The van der Waals surface area contributed by atoms with Gasteiger partial charge in [-0.25, -0.2) is 0 Å². The van der Waals surface area contributed by atoms with Gasteiger partial charge in [0.1, 0.15) is 6.10 Å². The second kappa shape index (κ2) is 6.00. The second-order valence-corrected chi connectivity index (χ2v) is 3.99. The van der Waals surface area contributed by atoms with Gasteiger partial charge in [-0.15, -0.1) is 0 Å². The zero-order chi connectivity index (χ0) is 11.3. The van der Waals surface area contributed by atoms with Gasteiger partial charge in [0.2, 0.25) is 0 Å². The Hall–Kier alpha value is -0.710. The van der Waals surface area contributed by atoms with E-state index in [1.807, 2.05) is 0 Å². The quantitative estimate of drug-likeness (QED) is 0.738. The van der Waals surface area contributed by atoms with Crippen molar-refractivity contribution in [1.29, 1.82) is 0 Å². The van der Waals surface area contributed by atoms with E-state index in [9.17, 15) is 4.79 Å². The number of hydrogen-bond donors (Lipinski definition) is 1. The van der Waals surface area contributed by atoms with Gasteiger partial charge in [-0.1, -0.05) is 13.8 Å². The van der Waals surface area contributed by atoms with Crippen molar-refractivity contribution in [2.45, 2.75) is 32.7 Å². The van der Waals surface area contributed by atoms with E-state index in [0.29, 0.717) is 12.5 Å². The van der Waals surface area contributed by atoms with Gasteiger partial charge >= 0.3 is 0 Å². The maximum atomic E-state index is 11.1. The molecule has 1 N–H and O–H groups in total. The van der Waals surface area contributed by atoms with Crippen LogP contribution in [-0.4, -0.2) is 36.5 Å². The molecule has 0 aromatic carbocycles. The molecule has 15 heavy (non-hydrogen) atoms. The molecule has 4 nitrogen and oxygen atoms in total. The molecule has 1 aliphatic heterocycles. The summed E-state index contributed by atoms with van der Waals surface area (Å²) in [6.07, 6.45) is 2.67. The Morgan fingerprint density at radius 2 is 2.33 bits per heavy atom. The summed E-state index contributed by atoms with van der Waals surface area (Å²) in [5.41, 5.74) is 0. The van der Waals surface area contributed by atoms with Crippen LogP contribution in [0, 0.1) is 5.92 Å². The molecule has 86 valence electrons. The van der Waals surface area contributed by atoms with Crippen molar-refractivity contribution < 1.29 is 19.4 Å². The molecule has 0 radical (unpaired) electrons. The van der Waals surface area contributed by atoms with Gasteiger partial charge in [0, 0.05) is 0 Å². The highest BCUT2D eigenvalue weighted by Crippen LogP contribution is 2.11. The van der Waals surface area contributed by atoms with E-state index in [1.165, 1.54) is 6.08 Å². The Labute approximate surface area is 89.9 Å². The van der Waals surface area contributed by atoms with Crippen LogP contribution in [0.3, 0.4) is 0 Å². The van der Waals surface area contributed by atoms with Crippen LogP contribution in [0.15, 0.2) is 12.2 Å². The average Bonchev–Trinajstić information content (AvgIpc) is 2.20. The third-order valence-corrected chi connectivity index (χ3v) is 2.18. The van der Waals surface area contributed by atoms with Crippen LogP contribution in [-0.2, 0) is 14.3 Å². The van der Waals surface area contributed by atoms with Gasteiger partial charge in [-0.2, -0.15) is 0 Å². The van der Waals surface area contributed by atoms with Crippen molar-refractivity contribution in [2.75, 3.05) is 13.2 Å². The summed E-state index contributed by atoms with van der Waals surface area (Å²) in [4.78, 5) is 11.1. The van der Waals surface area contributed by atoms with Crippen LogP contribution in [0.1, 0.15) is 20.3 Å². The number of aliphatic hydroxyl groups excluding tert-OH is 1. The van der Waals surface area contributed by atoms with Crippen LogP contribution in [0.25, 0.3) is 0 Å². The van der Waals surface area contributed by atoms with Gasteiger partial charge in [0.25, 0.3) is 0 Å². The van der Waals surface area contributed by atoms with E-state index in [4.69, 9.17) is 14.6 Å². The number of carbonyl (C=O) groups excluding carboxylic acids is 1. The van der Waals surface area contributed by atoms with E-state index < -0.39 is 12.4 Å². The number of ketones is 1. The maximum Gasteiger partial charge on any atom is 0.186 e. The zero-order valence-electron chi connectivity index (χ0n) is 9.18. The minimum atomic E-state index is -0.765. The first-order valence-electron chi connectivity index (χ1n) is 5.23. The minimum absolute atomic E-state index is 0.207. The van der Waals surface area contributed by atoms with Gasteiger partial charge in [-0.3, -0.25) is 4.79 Å². The number of ether oxygens (including phenoxy) is 2. The van der Waals surface area contributed by atoms with Crippen LogP contribution in [0.2, 0.25) is 0 Å². The molecule has 0 fully saturated rings. The summed E-state index contributed by atoms with van der Waals surface area (Å²) < 4.78 is 10.6. The van der Waals surface area contributed by atoms with Crippen LogP contribution in [0.5, 0.6) is 0 Å². The fourth-order valence-electron chi connectivity index (χ4n) is 1.20. The second-order valence-electron chi connectivity index (χ2n) is 3.99. The maximum absolute atomic E-state index is 11.1. The largest absolute Gasteiger partial charge is 0.393 e. The van der Waals surface area contributed by atoms with E-state index >= 15 is 0 Å². The van der Waals surface area contributed by atoms with Gasteiger partial charge in [0.05, 0.1) is 13.2 Å². The molecule has 4 heteroatoms. The Balaban J connectivity index is 2.32. The highest BCUT2D eigenvalue weighted by Gasteiger charge is 2.24. The smallest absolute Gasteiger partial charge is 0.186 e. The van der Waals surface area contributed by atoms with Crippen LogP contribution < -0.4 is 0 Å².